The van der Waals surface area contributed by atoms with Gasteiger partial charge in [-0.15, -0.1) is 16.9 Å². The Morgan fingerprint density at radius 3 is 2.71 bits per heavy atom. The van der Waals surface area contributed by atoms with Gasteiger partial charge in [0, 0.05) is 61.2 Å². The van der Waals surface area contributed by atoms with Crippen LogP contribution in [-0.4, -0.2) is 61.3 Å². The Morgan fingerprint density at radius 2 is 1.94 bits per heavy atom. The molecule has 3 aromatic rings. The van der Waals surface area contributed by atoms with Crippen molar-refractivity contribution in [2.75, 3.05) is 33.2 Å². The van der Waals surface area contributed by atoms with Crippen LogP contribution in [0.5, 0.6) is 0 Å². The first-order chi connectivity index (χ1) is 14.9. The van der Waals surface area contributed by atoms with Gasteiger partial charge in [-0.25, -0.2) is 0 Å². The minimum absolute atomic E-state index is 0.957. The van der Waals surface area contributed by atoms with Crippen molar-refractivity contribution >= 4 is 19.4 Å². The summed E-state index contributed by atoms with van der Waals surface area (Å²) in [6.07, 6.45) is 0.957. The summed E-state index contributed by atoms with van der Waals surface area (Å²) in [4.78, 5) is 6.11. The second kappa shape index (κ2) is 8.07. The van der Waals surface area contributed by atoms with Crippen LogP contribution in [0.3, 0.4) is 0 Å². The SMILES string of the molecule is CN1CCN(Cc2ccc3c(c2)Cc2c(-c4csc(C#C[Si](C)(C)C)c4)n[nH]c2-3)CC1. The lowest BCUT2D eigenvalue weighted by molar-refractivity contribution is 0.148. The van der Waals surface area contributed by atoms with E-state index in [4.69, 9.17) is 0 Å². The zero-order chi connectivity index (χ0) is 21.6. The molecule has 0 radical (unpaired) electrons. The zero-order valence-corrected chi connectivity index (χ0v) is 20.7. The molecule has 0 spiro atoms. The molecule has 1 saturated heterocycles. The van der Waals surface area contributed by atoms with Crippen molar-refractivity contribution in [2.45, 2.75) is 32.6 Å². The van der Waals surface area contributed by atoms with Gasteiger partial charge in [0.1, 0.15) is 8.07 Å². The number of hydrogen-bond acceptors (Lipinski definition) is 4. The van der Waals surface area contributed by atoms with Gasteiger partial charge in [0.25, 0.3) is 0 Å². The summed E-state index contributed by atoms with van der Waals surface area (Å²) in [5, 5.41) is 10.2. The minimum atomic E-state index is -1.36. The summed E-state index contributed by atoms with van der Waals surface area (Å²) in [6.45, 7) is 12.5. The molecule has 1 N–H and O–H groups in total. The monoisotopic (exact) mass is 446 g/mol. The predicted octanol–water partition coefficient (Wildman–Crippen LogP) is 4.69. The van der Waals surface area contributed by atoms with E-state index in [0.29, 0.717) is 0 Å². The maximum atomic E-state index is 4.68. The van der Waals surface area contributed by atoms with E-state index in [1.165, 1.54) is 33.5 Å². The standard InChI is InChI=1S/C25H30N4SSi/c1-28-8-10-29(11-9-28)16-18-5-6-22-19(13-18)15-23-24(26-27-25(22)23)20-14-21(30-17-20)7-12-31(2,3)4/h5-6,13-14,17H,8-11,15-16H2,1-4H3,(H,26,27). The van der Waals surface area contributed by atoms with Gasteiger partial charge in [-0.05, 0) is 24.2 Å². The van der Waals surface area contributed by atoms with Crippen LogP contribution in [0.4, 0.5) is 0 Å². The van der Waals surface area contributed by atoms with Crippen LogP contribution in [0.1, 0.15) is 21.6 Å². The first-order valence-electron chi connectivity index (χ1n) is 11.1. The molecule has 1 fully saturated rings. The van der Waals surface area contributed by atoms with E-state index in [0.717, 1.165) is 49.7 Å². The van der Waals surface area contributed by atoms with Crippen LogP contribution in [-0.2, 0) is 13.0 Å². The Bertz CT molecular complexity index is 1170. The van der Waals surface area contributed by atoms with Gasteiger partial charge in [0.05, 0.1) is 16.3 Å². The Labute approximate surface area is 190 Å². The molecule has 1 aromatic carbocycles. The first-order valence-corrected chi connectivity index (χ1v) is 15.5. The first kappa shape index (κ1) is 20.7. The van der Waals surface area contributed by atoms with Crippen LogP contribution in [0.25, 0.3) is 22.5 Å². The van der Waals surface area contributed by atoms with Crippen molar-refractivity contribution in [1.29, 1.82) is 0 Å². The van der Waals surface area contributed by atoms with E-state index in [1.807, 2.05) is 0 Å². The highest BCUT2D eigenvalue weighted by Crippen LogP contribution is 2.41. The number of nitrogens with one attached hydrogen (secondary N) is 1. The molecule has 0 bridgehead atoms. The van der Waals surface area contributed by atoms with Gasteiger partial charge in [-0.2, -0.15) is 5.10 Å². The Kier molecular flexibility index (Phi) is 5.39. The molecule has 2 aromatic heterocycles. The fourth-order valence-corrected chi connectivity index (χ4v) is 5.70. The highest BCUT2D eigenvalue weighted by atomic mass is 32.1. The molecule has 0 saturated carbocycles. The lowest BCUT2D eigenvalue weighted by Crippen LogP contribution is -2.43. The molecule has 3 heterocycles. The largest absolute Gasteiger partial charge is 0.304 e. The van der Waals surface area contributed by atoms with Crippen molar-refractivity contribution in [3.8, 4) is 34.0 Å². The quantitative estimate of drug-likeness (QED) is 0.366. The summed E-state index contributed by atoms with van der Waals surface area (Å²) >= 11 is 1.73. The predicted molar refractivity (Wildman–Crippen MR) is 133 cm³/mol. The highest BCUT2D eigenvalue weighted by Gasteiger charge is 2.26. The van der Waals surface area contributed by atoms with E-state index in [2.05, 4.69) is 87.8 Å². The normalized spacial score (nSPS) is 16.6. The van der Waals surface area contributed by atoms with E-state index < -0.39 is 8.07 Å². The second-order valence-electron chi connectivity index (χ2n) is 9.87. The number of likely N-dealkylation sites (N-methyl/N-ethyl adjacent to an activating group) is 1. The van der Waals surface area contributed by atoms with Gasteiger partial charge < -0.3 is 4.90 Å². The number of hydrogen-bond donors (Lipinski definition) is 1. The fraction of sp³-hybridized carbons (Fsp3) is 0.400. The van der Waals surface area contributed by atoms with Crippen LogP contribution < -0.4 is 0 Å². The van der Waals surface area contributed by atoms with Crippen LogP contribution in [0.2, 0.25) is 19.6 Å². The summed E-state index contributed by atoms with van der Waals surface area (Å²) in [5.41, 5.74) is 12.4. The molecular weight excluding hydrogens is 416 g/mol. The number of nitrogens with zero attached hydrogens (tertiary/aromatic N) is 3. The molecule has 0 unspecified atom stereocenters. The lowest BCUT2D eigenvalue weighted by atomic mass is 10.0. The average molecular weight is 447 g/mol. The summed E-state index contributed by atoms with van der Waals surface area (Å²) in [7, 11) is 0.846. The van der Waals surface area contributed by atoms with E-state index in [1.54, 1.807) is 11.3 Å². The molecule has 5 rings (SSSR count). The third-order valence-corrected chi connectivity index (χ3v) is 7.83. The fourth-order valence-electron chi connectivity index (χ4n) is 4.36. The van der Waals surface area contributed by atoms with Gasteiger partial charge >= 0.3 is 0 Å². The highest BCUT2D eigenvalue weighted by molar-refractivity contribution is 7.11. The van der Waals surface area contributed by atoms with Gasteiger partial charge in [-0.1, -0.05) is 43.8 Å². The number of rotatable bonds is 3. The van der Waals surface area contributed by atoms with Crippen molar-refractivity contribution < 1.29 is 0 Å². The topological polar surface area (TPSA) is 35.2 Å². The Balaban J connectivity index is 1.35. The van der Waals surface area contributed by atoms with Crippen molar-refractivity contribution in [3.05, 3.63) is 51.2 Å². The molecule has 1 aliphatic heterocycles. The average Bonchev–Trinajstić information content (AvgIpc) is 3.42. The van der Waals surface area contributed by atoms with Crippen molar-refractivity contribution in [1.82, 2.24) is 20.0 Å². The maximum Gasteiger partial charge on any atom is 0.129 e. The smallest absolute Gasteiger partial charge is 0.129 e. The van der Waals surface area contributed by atoms with Gasteiger partial charge in [0.15, 0.2) is 0 Å². The van der Waals surface area contributed by atoms with Crippen LogP contribution >= 0.6 is 11.3 Å². The molecule has 4 nitrogen and oxygen atoms in total. The van der Waals surface area contributed by atoms with Crippen molar-refractivity contribution in [3.63, 3.8) is 0 Å². The molecule has 31 heavy (non-hydrogen) atoms. The molecular formula is C25H30N4SSi. The Hall–Kier alpha value is -2.17. The number of aromatic amines is 1. The number of piperazine rings is 1. The molecule has 1 aliphatic carbocycles. The number of thiophene rings is 1. The second-order valence-corrected chi connectivity index (χ2v) is 15.5. The third kappa shape index (κ3) is 4.42. The minimum Gasteiger partial charge on any atom is -0.304 e. The van der Waals surface area contributed by atoms with Crippen molar-refractivity contribution in [2.24, 2.45) is 0 Å². The number of aromatic nitrogens is 2. The zero-order valence-electron chi connectivity index (χ0n) is 18.9. The van der Waals surface area contributed by atoms with E-state index in [-0.39, 0.29) is 0 Å². The molecule has 0 atom stereocenters. The summed E-state index contributed by atoms with van der Waals surface area (Å²) < 4.78 is 0. The Morgan fingerprint density at radius 1 is 1.13 bits per heavy atom. The number of benzene rings is 1. The third-order valence-electron chi connectivity index (χ3n) is 6.11. The van der Waals surface area contributed by atoms with Crippen LogP contribution in [0.15, 0.2) is 29.6 Å². The van der Waals surface area contributed by atoms with Gasteiger partial charge in [-0.3, -0.25) is 10.00 Å². The number of H-pyrrole nitrogens is 1. The van der Waals surface area contributed by atoms with Crippen LogP contribution in [0, 0.1) is 11.5 Å². The van der Waals surface area contributed by atoms with Gasteiger partial charge in [0.2, 0.25) is 0 Å². The van der Waals surface area contributed by atoms with E-state index >= 15 is 0 Å². The maximum absolute atomic E-state index is 4.68. The molecule has 6 heteroatoms. The molecule has 0 amide bonds. The summed E-state index contributed by atoms with van der Waals surface area (Å²) in [6, 6.07) is 9.19. The van der Waals surface area contributed by atoms with E-state index in [9.17, 15) is 0 Å². The number of fused-ring (bicyclic) bond motifs is 3. The molecule has 2 aliphatic rings. The summed E-state index contributed by atoms with van der Waals surface area (Å²) in [5.74, 6) is 3.39. The lowest BCUT2D eigenvalue weighted by Gasteiger charge is -2.32. The molecule has 160 valence electrons.